The maximum absolute atomic E-state index is 13.5. The van der Waals surface area contributed by atoms with E-state index in [1.807, 2.05) is 11.0 Å². The number of primary amides is 1. The van der Waals surface area contributed by atoms with E-state index in [1.165, 1.54) is 29.5 Å². The van der Waals surface area contributed by atoms with E-state index in [1.54, 1.807) is 19.1 Å². The fourth-order valence-corrected chi connectivity index (χ4v) is 5.39. The summed E-state index contributed by atoms with van der Waals surface area (Å²) >= 11 is 0. The Bertz CT molecular complexity index is 1230. The van der Waals surface area contributed by atoms with Gasteiger partial charge in [-0.15, -0.1) is 0 Å². The molecule has 2 aliphatic heterocycles. The topological polar surface area (TPSA) is 110 Å². The van der Waals surface area contributed by atoms with Gasteiger partial charge in [0.2, 0.25) is 0 Å². The van der Waals surface area contributed by atoms with Gasteiger partial charge >= 0.3 is 0 Å². The van der Waals surface area contributed by atoms with Crippen molar-refractivity contribution in [1.29, 1.82) is 0 Å². The molecule has 5 rings (SSSR count). The zero-order chi connectivity index (χ0) is 24.5. The predicted molar refractivity (Wildman–Crippen MR) is 126 cm³/mol. The van der Waals surface area contributed by atoms with Crippen LogP contribution in [0, 0.1) is 24.6 Å². The molecule has 0 spiro atoms. The van der Waals surface area contributed by atoms with Crippen LogP contribution in [0.4, 0.5) is 4.39 Å². The normalized spacial score (nSPS) is 19.8. The summed E-state index contributed by atoms with van der Waals surface area (Å²) in [5.74, 6) is -0.348. The Kier molecular flexibility index (Phi) is 6.29. The smallest absolute Gasteiger partial charge is 0.268 e. The first kappa shape index (κ1) is 23.1. The zero-order valence-electron chi connectivity index (χ0n) is 19.6. The fraction of sp³-hybridized carbons (Fsp3) is 0.400. The molecule has 2 N–H and O–H groups in total. The summed E-state index contributed by atoms with van der Waals surface area (Å²) in [6.45, 7) is 5.80. The minimum atomic E-state index is -0.721. The minimum Gasteiger partial charge on any atom is -0.364 e. The van der Waals surface area contributed by atoms with E-state index in [4.69, 9.17) is 5.73 Å². The van der Waals surface area contributed by atoms with Gasteiger partial charge in [0.15, 0.2) is 0 Å². The number of carbonyl (C=O) groups is 2. The summed E-state index contributed by atoms with van der Waals surface area (Å²) in [5, 5.41) is 4.40. The molecule has 35 heavy (non-hydrogen) atoms. The lowest BCUT2D eigenvalue weighted by Crippen LogP contribution is -2.35. The number of benzene rings is 1. The second-order valence-electron chi connectivity index (χ2n) is 9.41. The largest absolute Gasteiger partial charge is 0.364 e. The Balaban J connectivity index is 1.23. The van der Waals surface area contributed by atoms with Gasteiger partial charge in [-0.05, 0) is 55.8 Å². The average Bonchev–Trinajstić information content (AvgIpc) is 3.50. The van der Waals surface area contributed by atoms with Gasteiger partial charge in [0.25, 0.3) is 11.8 Å². The van der Waals surface area contributed by atoms with E-state index in [-0.39, 0.29) is 23.0 Å². The second-order valence-corrected chi connectivity index (χ2v) is 9.41. The third-order valence-electron chi connectivity index (χ3n) is 6.98. The van der Waals surface area contributed by atoms with Gasteiger partial charge in [-0.2, -0.15) is 5.10 Å². The van der Waals surface area contributed by atoms with Gasteiger partial charge in [-0.25, -0.2) is 19.0 Å². The van der Waals surface area contributed by atoms with E-state index >= 15 is 0 Å². The lowest BCUT2D eigenvalue weighted by Gasteiger charge is -2.22. The molecular formula is C25H28FN7O2. The molecule has 4 heterocycles. The highest BCUT2D eigenvalue weighted by atomic mass is 19.1. The molecule has 9 nitrogen and oxygen atoms in total. The molecule has 2 saturated heterocycles. The molecule has 0 aliphatic carbocycles. The van der Waals surface area contributed by atoms with Crippen LogP contribution in [-0.2, 0) is 6.42 Å². The first-order valence-electron chi connectivity index (χ1n) is 11.8. The molecule has 2 aliphatic rings. The van der Waals surface area contributed by atoms with Crippen molar-refractivity contribution in [3.63, 3.8) is 0 Å². The zero-order valence-corrected chi connectivity index (χ0v) is 19.6. The van der Waals surface area contributed by atoms with Crippen molar-refractivity contribution in [3.8, 4) is 5.69 Å². The first-order valence-corrected chi connectivity index (χ1v) is 11.8. The second kappa shape index (κ2) is 9.53. The van der Waals surface area contributed by atoms with Gasteiger partial charge in [-0.1, -0.05) is 12.1 Å². The maximum atomic E-state index is 13.5. The molecule has 2 atom stereocenters. The van der Waals surface area contributed by atoms with Crippen LogP contribution < -0.4 is 5.73 Å². The Labute approximate surface area is 202 Å². The summed E-state index contributed by atoms with van der Waals surface area (Å²) in [4.78, 5) is 38.0. The molecule has 0 saturated carbocycles. The number of halogens is 1. The number of likely N-dealkylation sites (tertiary alicyclic amines) is 2. The number of fused-ring (bicyclic) bond motifs is 1. The van der Waals surface area contributed by atoms with E-state index in [0.717, 1.165) is 38.0 Å². The number of hydrogen-bond donors (Lipinski definition) is 1. The van der Waals surface area contributed by atoms with Crippen molar-refractivity contribution in [3.05, 3.63) is 71.3 Å². The molecular weight excluding hydrogens is 449 g/mol. The molecule has 182 valence electrons. The minimum absolute atomic E-state index is 0.0540. The molecule has 2 fully saturated rings. The van der Waals surface area contributed by atoms with E-state index in [2.05, 4.69) is 20.0 Å². The molecule has 2 aromatic heterocycles. The van der Waals surface area contributed by atoms with Gasteiger partial charge < -0.3 is 15.5 Å². The quantitative estimate of drug-likeness (QED) is 0.556. The van der Waals surface area contributed by atoms with Crippen molar-refractivity contribution in [1.82, 2.24) is 29.5 Å². The number of hydrogen-bond acceptors (Lipinski definition) is 6. The molecule has 1 aromatic carbocycles. The fourth-order valence-electron chi connectivity index (χ4n) is 5.39. The summed E-state index contributed by atoms with van der Waals surface area (Å²) in [6, 6.07) is 6.77. The van der Waals surface area contributed by atoms with Gasteiger partial charge in [0, 0.05) is 26.2 Å². The summed E-state index contributed by atoms with van der Waals surface area (Å²) in [6.07, 6.45) is 6.23. The number of rotatable bonds is 7. The van der Waals surface area contributed by atoms with Gasteiger partial charge in [0.1, 0.15) is 23.5 Å². The molecule has 0 bridgehead atoms. The van der Waals surface area contributed by atoms with Crippen LogP contribution in [-0.4, -0.2) is 74.1 Å². The Morgan fingerprint density at radius 2 is 1.83 bits per heavy atom. The summed E-state index contributed by atoms with van der Waals surface area (Å²) < 4.78 is 14.7. The van der Waals surface area contributed by atoms with Crippen LogP contribution in [0.5, 0.6) is 0 Å². The number of amides is 2. The SMILES string of the molecule is Cc1nn(-c2cncnc2)c(C(N)=O)c1C(=O)N1CC2CN(CCCc3cccc(F)c3)C[C@H]2C1. The third kappa shape index (κ3) is 4.66. The molecule has 2 amide bonds. The Morgan fingerprint density at radius 3 is 2.49 bits per heavy atom. The summed E-state index contributed by atoms with van der Waals surface area (Å²) in [7, 11) is 0. The molecule has 10 heteroatoms. The van der Waals surface area contributed by atoms with Crippen molar-refractivity contribution < 1.29 is 14.0 Å². The highest BCUT2D eigenvalue weighted by Crippen LogP contribution is 2.33. The van der Waals surface area contributed by atoms with Crippen LogP contribution in [0.15, 0.2) is 43.0 Å². The van der Waals surface area contributed by atoms with E-state index < -0.39 is 5.91 Å². The lowest BCUT2D eigenvalue weighted by molar-refractivity contribution is 0.0767. The van der Waals surface area contributed by atoms with Crippen molar-refractivity contribution >= 4 is 11.8 Å². The number of nitrogens with zero attached hydrogens (tertiary/aromatic N) is 6. The van der Waals surface area contributed by atoms with E-state index in [9.17, 15) is 14.0 Å². The Hall–Kier alpha value is -3.66. The van der Waals surface area contributed by atoms with Crippen molar-refractivity contribution in [2.75, 3.05) is 32.7 Å². The number of aromatic nitrogens is 4. The molecule has 0 radical (unpaired) electrons. The van der Waals surface area contributed by atoms with Crippen molar-refractivity contribution in [2.24, 2.45) is 17.6 Å². The maximum Gasteiger partial charge on any atom is 0.268 e. The summed E-state index contributed by atoms with van der Waals surface area (Å²) in [5.41, 5.74) is 7.90. The molecule has 3 aromatic rings. The number of aryl methyl sites for hydroxylation is 2. The first-order chi connectivity index (χ1) is 16.9. The highest BCUT2D eigenvalue weighted by Gasteiger charge is 2.42. The standard InChI is InChI=1S/C25H28FN7O2/c1-16-22(23(24(27)34)33(30-16)21-9-28-15-29-10-21)25(35)32-13-18-11-31(12-19(18)14-32)7-3-5-17-4-2-6-20(26)8-17/h2,4,6,8-10,15,18-19H,3,5,7,11-14H2,1H3,(H2,27,34)/t18-,19?/m0/s1. The van der Waals surface area contributed by atoms with Crippen molar-refractivity contribution in [2.45, 2.75) is 19.8 Å². The predicted octanol–water partition coefficient (Wildman–Crippen LogP) is 1.85. The van der Waals surface area contributed by atoms with Crippen LogP contribution in [0.1, 0.15) is 38.5 Å². The molecule has 1 unspecified atom stereocenters. The average molecular weight is 478 g/mol. The van der Waals surface area contributed by atoms with Crippen LogP contribution in [0.25, 0.3) is 5.69 Å². The Morgan fingerprint density at radius 1 is 1.11 bits per heavy atom. The van der Waals surface area contributed by atoms with Crippen LogP contribution in [0.3, 0.4) is 0 Å². The monoisotopic (exact) mass is 477 g/mol. The number of nitrogens with two attached hydrogens (primary N) is 1. The van der Waals surface area contributed by atoms with E-state index in [0.29, 0.717) is 36.3 Å². The third-order valence-corrected chi connectivity index (χ3v) is 6.98. The highest BCUT2D eigenvalue weighted by molar-refractivity contribution is 6.07. The lowest BCUT2D eigenvalue weighted by atomic mass is 10.0. The van der Waals surface area contributed by atoms with Crippen LogP contribution >= 0.6 is 0 Å². The number of carbonyl (C=O) groups excluding carboxylic acids is 2. The van der Waals surface area contributed by atoms with Gasteiger partial charge in [0.05, 0.1) is 23.7 Å². The van der Waals surface area contributed by atoms with Gasteiger partial charge in [-0.3, -0.25) is 9.59 Å². The van der Waals surface area contributed by atoms with Crippen LogP contribution in [0.2, 0.25) is 0 Å².